The molecule has 0 bridgehead atoms. The Morgan fingerprint density at radius 2 is 1.63 bits per heavy atom. The monoisotopic (exact) mass is 254 g/mol. The number of hydrogen-bond acceptors (Lipinski definition) is 2. The summed E-state index contributed by atoms with van der Waals surface area (Å²) in [5.41, 5.74) is 5.20. The van der Waals surface area contributed by atoms with Gasteiger partial charge < -0.3 is 4.74 Å². The maximum absolute atomic E-state index is 11.3. The first kappa shape index (κ1) is 13.3. The number of Topliss-reactive ketones (excluding diaryl/α,β-unsaturated/α-hetero) is 1. The number of ether oxygens (including phenoxy) is 1. The summed E-state index contributed by atoms with van der Waals surface area (Å²) < 4.78 is 5.52. The fourth-order valence-electron chi connectivity index (χ4n) is 2.16. The zero-order chi connectivity index (χ0) is 14.0. The zero-order valence-electron chi connectivity index (χ0n) is 11.8. The summed E-state index contributed by atoms with van der Waals surface area (Å²) in [6.45, 7) is 5.70. The largest absolute Gasteiger partial charge is 0.496 e. The number of aryl methyl sites for hydroxylation is 1. The van der Waals surface area contributed by atoms with Crippen LogP contribution in [0, 0.1) is 13.8 Å². The second-order valence-electron chi connectivity index (χ2n) is 4.72. The number of methoxy groups -OCH3 is 1. The van der Waals surface area contributed by atoms with Gasteiger partial charge in [0.2, 0.25) is 0 Å². The van der Waals surface area contributed by atoms with Gasteiger partial charge in [-0.15, -0.1) is 0 Å². The van der Waals surface area contributed by atoms with Gasteiger partial charge in [0.15, 0.2) is 5.78 Å². The molecule has 0 heterocycles. The average molecular weight is 254 g/mol. The summed E-state index contributed by atoms with van der Waals surface area (Å²) in [6, 6.07) is 11.8. The molecule has 0 amide bonds. The van der Waals surface area contributed by atoms with Crippen molar-refractivity contribution < 1.29 is 9.53 Å². The number of benzene rings is 2. The van der Waals surface area contributed by atoms with Crippen molar-refractivity contribution in [2.75, 3.05) is 7.11 Å². The first-order valence-electron chi connectivity index (χ1n) is 6.30. The van der Waals surface area contributed by atoms with Gasteiger partial charge in [-0.3, -0.25) is 4.79 Å². The van der Waals surface area contributed by atoms with E-state index in [1.165, 1.54) is 5.56 Å². The Labute approximate surface area is 114 Å². The van der Waals surface area contributed by atoms with Gasteiger partial charge in [0, 0.05) is 11.1 Å². The third kappa shape index (κ3) is 2.53. The fraction of sp³-hybridized carbons (Fsp3) is 0.235. The highest BCUT2D eigenvalue weighted by molar-refractivity contribution is 5.94. The quantitative estimate of drug-likeness (QED) is 0.768. The Kier molecular flexibility index (Phi) is 3.70. The van der Waals surface area contributed by atoms with Crippen molar-refractivity contribution in [3.05, 3.63) is 53.1 Å². The Balaban J connectivity index is 2.52. The van der Waals surface area contributed by atoms with E-state index >= 15 is 0 Å². The highest BCUT2D eigenvalue weighted by atomic mass is 16.5. The van der Waals surface area contributed by atoms with E-state index in [2.05, 4.69) is 26.0 Å². The van der Waals surface area contributed by atoms with Gasteiger partial charge in [0.1, 0.15) is 5.75 Å². The molecule has 0 fully saturated rings. The molecule has 2 aromatic carbocycles. The van der Waals surface area contributed by atoms with Crippen molar-refractivity contribution in [1.29, 1.82) is 0 Å². The lowest BCUT2D eigenvalue weighted by Crippen LogP contribution is -1.95. The van der Waals surface area contributed by atoms with Crippen LogP contribution in [-0.2, 0) is 0 Å². The van der Waals surface area contributed by atoms with Crippen LogP contribution < -0.4 is 4.74 Å². The minimum atomic E-state index is 0.0820. The molecule has 0 atom stereocenters. The van der Waals surface area contributed by atoms with Crippen molar-refractivity contribution in [1.82, 2.24) is 0 Å². The molecule has 0 radical (unpaired) electrons. The predicted octanol–water partition coefficient (Wildman–Crippen LogP) is 4.18. The highest BCUT2D eigenvalue weighted by Gasteiger charge is 2.10. The smallest absolute Gasteiger partial charge is 0.159 e. The summed E-state index contributed by atoms with van der Waals surface area (Å²) in [7, 11) is 1.69. The molecule has 2 nitrogen and oxygen atoms in total. The molecule has 19 heavy (non-hydrogen) atoms. The van der Waals surface area contributed by atoms with Crippen LogP contribution >= 0.6 is 0 Å². The van der Waals surface area contributed by atoms with Crippen LogP contribution in [0.2, 0.25) is 0 Å². The third-order valence-corrected chi connectivity index (χ3v) is 3.48. The van der Waals surface area contributed by atoms with E-state index < -0.39 is 0 Å². The molecule has 98 valence electrons. The lowest BCUT2D eigenvalue weighted by atomic mass is 9.97. The van der Waals surface area contributed by atoms with Crippen LogP contribution in [0.5, 0.6) is 5.75 Å². The number of carbonyl (C=O) groups is 1. The number of carbonyl (C=O) groups excluding carboxylic acids is 1. The minimum Gasteiger partial charge on any atom is -0.496 e. The zero-order valence-corrected chi connectivity index (χ0v) is 11.8. The minimum absolute atomic E-state index is 0.0820. The van der Waals surface area contributed by atoms with E-state index in [0.717, 1.165) is 28.0 Å². The van der Waals surface area contributed by atoms with Crippen molar-refractivity contribution in [3.8, 4) is 16.9 Å². The normalized spacial score (nSPS) is 10.3. The van der Waals surface area contributed by atoms with Gasteiger partial charge >= 0.3 is 0 Å². The van der Waals surface area contributed by atoms with E-state index in [9.17, 15) is 4.79 Å². The molecular formula is C17H18O2. The lowest BCUT2D eigenvalue weighted by molar-refractivity contribution is 0.101. The molecule has 2 aromatic rings. The number of rotatable bonds is 3. The molecule has 0 aliphatic heterocycles. The summed E-state index contributed by atoms with van der Waals surface area (Å²) >= 11 is 0. The summed E-state index contributed by atoms with van der Waals surface area (Å²) in [5, 5.41) is 0. The Hall–Kier alpha value is -2.09. The Morgan fingerprint density at radius 3 is 2.16 bits per heavy atom. The van der Waals surface area contributed by atoms with Crippen LogP contribution in [0.15, 0.2) is 36.4 Å². The third-order valence-electron chi connectivity index (χ3n) is 3.48. The van der Waals surface area contributed by atoms with Crippen molar-refractivity contribution in [3.63, 3.8) is 0 Å². The maximum Gasteiger partial charge on any atom is 0.159 e. The Bertz CT molecular complexity index is 610. The van der Waals surface area contributed by atoms with Gasteiger partial charge in [-0.05, 0) is 37.5 Å². The molecular weight excluding hydrogens is 236 g/mol. The molecule has 0 N–H and O–H groups in total. The summed E-state index contributed by atoms with van der Waals surface area (Å²) in [5.74, 6) is 0.981. The summed E-state index contributed by atoms with van der Waals surface area (Å²) in [4.78, 5) is 11.3. The van der Waals surface area contributed by atoms with Gasteiger partial charge in [-0.1, -0.05) is 36.4 Å². The van der Waals surface area contributed by atoms with Crippen molar-refractivity contribution >= 4 is 5.78 Å². The number of ketones is 1. The molecule has 0 unspecified atom stereocenters. The van der Waals surface area contributed by atoms with Crippen LogP contribution in [-0.4, -0.2) is 12.9 Å². The van der Waals surface area contributed by atoms with Gasteiger partial charge in [-0.25, -0.2) is 0 Å². The summed E-state index contributed by atoms with van der Waals surface area (Å²) in [6.07, 6.45) is 0. The van der Waals surface area contributed by atoms with Crippen molar-refractivity contribution in [2.24, 2.45) is 0 Å². The number of hydrogen-bond donors (Lipinski definition) is 0. The molecule has 0 saturated carbocycles. The molecule has 2 rings (SSSR count). The second-order valence-corrected chi connectivity index (χ2v) is 4.72. The van der Waals surface area contributed by atoms with Crippen LogP contribution in [0.4, 0.5) is 0 Å². The van der Waals surface area contributed by atoms with Gasteiger partial charge in [0.25, 0.3) is 0 Å². The predicted molar refractivity (Wildman–Crippen MR) is 77.9 cm³/mol. The molecule has 0 saturated heterocycles. The van der Waals surface area contributed by atoms with Crippen molar-refractivity contribution in [2.45, 2.75) is 20.8 Å². The van der Waals surface area contributed by atoms with Gasteiger partial charge in [0.05, 0.1) is 7.11 Å². The average Bonchev–Trinajstić information content (AvgIpc) is 2.41. The van der Waals surface area contributed by atoms with Crippen LogP contribution in [0.3, 0.4) is 0 Å². The Morgan fingerprint density at radius 1 is 1.00 bits per heavy atom. The van der Waals surface area contributed by atoms with Gasteiger partial charge in [-0.2, -0.15) is 0 Å². The maximum atomic E-state index is 11.3. The second kappa shape index (κ2) is 5.27. The van der Waals surface area contributed by atoms with E-state index in [1.54, 1.807) is 14.0 Å². The van der Waals surface area contributed by atoms with E-state index in [-0.39, 0.29) is 5.78 Å². The lowest BCUT2D eigenvalue weighted by Gasteiger charge is -2.13. The molecule has 0 aliphatic carbocycles. The van der Waals surface area contributed by atoms with Crippen LogP contribution in [0.25, 0.3) is 11.1 Å². The standard InChI is InChI=1S/C17H18O2/c1-11-5-10-16(17(19-4)12(11)2)15-8-6-14(7-9-15)13(3)18/h5-10H,1-4H3. The molecule has 0 aromatic heterocycles. The molecule has 0 spiro atoms. The molecule has 2 heteroatoms. The highest BCUT2D eigenvalue weighted by Crippen LogP contribution is 2.34. The van der Waals surface area contributed by atoms with E-state index in [0.29, 0.717) is 0 Å². The first-order chi connectivity index (χ1) is 9.04. The topological polar surface area (TPSA) is 26.3 Å². The fourth-order valence-corrected chi connectivity index (χ4v) is 2.16. The SMILES string of the molecule is COc1c(-c2ccc(C(C)=O)cc2)ccc(C)c1C. The first-order valence-corrected chi connectivity index (χ1v) is 6.30. The van der Waals surface area contributed by atoms with Crippen LogP contribution in [0.1, 0.15) is 28.4 Å². The molecule has 0 aliphatic rings. The van der Waals surface area contributed by atoms with E-state index in [1.807, 2.05) is 24.3 Å². The van der Waals surface area contributed by atoms with E-state index in [4.69, 9.17) is 4.74 Å².